The normalized spacial score (nSPS) is 11.1. The molecule has 0 spiro atoms. The summed E-state index contributed by atoms with van der Waals surface area (Å²) in [4.78, 5) is 16.7. The van der Waals surface area contributed by atoms with Crippen LogP contribution in [0.1, 0.15) is 28.1 Å². The Hall–Kier alpha value is -3.48. The number of amides is 1. The summed E-state index contributed by atoms with van der Waals surface area (Å²) >= 11 is 11.1. The van der Waals surface area contributed by atoms with Crippen molar-refractivity contribution < 1.29 is 9.21 Å². The second kappa shape index (κ2) is 9.98. The van der Waals surface area contributed by atoms with E-state index in [0.717, 1.165) is 27.9 Å². The topological polar surface area (TPSA) is 67.2 Å². The Morgan fingerprint density at radius 3 is 2.48 bits per heavy atom. The van der Waals surface area contributed by atoms with Crippen molar-refractivity contribution >= 4 is 57.7 Å². The van der Waals surface area contributed by atoms with Gasteiger partial charge in [-0.3, -0.25) is 10.1 Å². The third-order valence-electron chi connectivity index (χ3n) is 5.15. The standard InChI is InChI=1S/C26H22ClN3O2S/c1-16-13-22-23(14-17(16)2)32-25(29-22)15-19-5-10-21(11-6-19)28-26(33)30-24(31)12-7-18-3-8-20(27)9-4-18/h3-14H,15H2,1-2H3,(H2,28,30,31,33)/b12-7+. The molecule has 166 valence electrons. The highest BCUT2D eigenvalue weighted by molar-refractivity contribution is 7.80. The van der Waals surface area contributed by atoms with Gasteiger partial charge >= 0.3 is 0 Å². The third-order valence-corrected chi connectivity index (χ3v) is 5.61. The number of oxazole rings is 1. The van der Waals surface area contributed by atoms with Crippen molar-refractivity contribution in [3.05, 3.63) is 99.9 Å². The van der Waals surface area contributed by atoms with Gasteiger partial charge in [0, 0.05) is 23.2 Å². The summed E-state index contributed by atoms with van der Waals surface area (Å²) in [5.41, 5.74) is 6.75. The van der Waals surface area contributed by atoms with Crippen LogP contribution in [0.15, 0.2) is 71.2 Å². The second-order valence-electron chi connectivity index (χ2n) is 7.71. The van der Waals surface area contributed by atoms with Gasteiger partial charge in [-0.1, -0.05) is 35.9 Å². The van der Waals surface area contributed by atoms with Crippen LogP contribution >= 0.6 is 23.8 Å². The number of benzene rings is 3. The lowest BCUT2D eigenvalue weighted by Crippen LogP contribution is -2.32. The minimum absolute atomic E-state index is 0.221. The van der Waals surface area contributed by atoms with Crippen molar-refractivity contribution in [3.8, 4) is 0 Å². The predicted octanol–water partition coefficient (Wildman–Crippen LogP) is 6.22. The largest absolute Gasteiger partial charge is 0.440 e. The fourth-order valence-corrected chi connectivity index (χ4v) is 3.59. The van der Waals surface area contributed by atoms with Crippen LogP contribution in [0.4, 0.5) is 5.69 Å². The molecule has 3 aromatic carbocycles. The number of anilines is 1. The zero-order valence-corrected chi connectivity index (χ0v) is 19.8. The van der Waals surface area contributed by atoms with Gasteiger partial charge in [0.05, 0.1) is 0 Å². The Kier molecular flexibility index (Phi) is 6.87. The van der Waals surface area contributed by atoms with Crippen molar-refractivity contribution in [2.24, 2.45) is 0 Å². The third kappa shape index (κ3) is 6.06. The lowest BCUT2D eigenvalue weighted by Gasteiger charge is -2.08. The van der Waals surface area contributed by atoms with E-state index in [0.29, 0.717) is 17.3 Å². The number of aromatic nitrogens is 1. The first kappa shape index (κ1) is 22.7. The highest BCUT2D eigenvalue weighted by atomic mass is 35.5. The number of carbonyl (C=O) groups excluding carboxylic acids is 1. The van der Waals surface area contributed by atoms with Gasteiger partial charge < -0.3 is 9.73 Å². The van der Waals surface area contributed by atoms with Gasteiger partial charge in [-0.15, -0.1) is 0 Å². The molecule has 4 aromatic rings. The molecule has 0 aliphatic carbocycles. The van der Waals surface area contributed by atoms with Gasteiger partial charge in [0.1, 0.15) is 5.52 Å². The first-order valence-corrected chi connectivity index (χ1v) is 11.2. The summed E-state index contributed by atoms with van der Waals surface area (Å²) in [7, 11) is 0. The average molecular weight is 476 g/mol. The van der Waals surface area contributed by atoms with Crippen LogP contribution < -0.4 is 10.6 Å². The lowest BCUT2D eigenvalue weighted by atomic mass is 10.1. The molecule has 2 N–H and O–H groups in total. The summed E-state index contributed by atoms with van der Waals surface area (Å²) in [6.07, 6.45) is 3.70. The molecular weight excluding hydrogens is 454 g/mol. The number of aryl methyl sites for hydroxylation is 2. The van der Waals surface area contributed by atoms with E-state index in [2.05, 4.69) is 29.5 Å². The van der Waals surface area contributed by atoms with Gasteiger partial charge in [-0.05, 0) is 90.8 Å². The molecular formula is C26H22ClN3O2S. The van der Waals surface area contributed by atoms with E-state index in [1.165, 1.54) is 17.2 Å². The van der Waals surface area contributed by atoms with Crippen molar-refractivity contribution in [1.29, 1.82) is 0 Å². The smallest absolute Gasteiger partial charge is 0.250 e. The van der Waals surface area contributed by atoms with E-state index >= 15 is 0 Å². The average Bonchev–Trinajstić information content (AvgIpc) is 3.15. The first-order valence-electron chi connectivity index (χ1n) is 10.4. The van der Waals surface area contributed by atoms with Gasteiger partial charge in [0.25, 0.3) is 0 Å². The second-order valence-corrected chi connectivity index (χ2v) is 8.56. The van der Waals surface area contributed by atoms with Crippen LogP contribution in [0.25, 0.3) is 17.2 Å². The Balaban J connectivity index is 1.32. The van der Waals surface area contributed by atoms with Gasteiger partial charge in [0.2, 0.25) is 5.91 Å². The Morgan fingerprint density at radius 1 is 1.06 bits per heavy atom. The van der Waals surface area contributed by atoms with Crippen molar-refractivity contribution in [1.82, 2.24) is 10.3 Å². The van der Waals surface area contributed by atoms with Crippen LogP contribution in [0.3, 0.4) is 0 Å². The zero-order chi connectivity index (χ0) is 23.4. The van der Waals surface area contributed by atoms with E-state index < -0.39 is 0 Å². The van der Waals surface area contributed by atoms with E-state index in [9.17, 15) is 4.79 Å². The van der Waals surface area contributed by atoms with Gasteiger partial charge in [-0.2, -0.15) is 0 Å². The Morgan fingerprint density at radius 2 is 1.76 bits per heavy atom. The molecule has 33 heavy (non-hydrogen) atoms. The molecule has 5 nitrogen and oxygen atoms in total. The summed E-state index contributed by atoms with van der Waals surface area (Å²) in [5, 5.41) is 6.51. The summed E-state index contributed by atoms with van der Waals surface area (Å²) < 4.78 is 5.90. The van der Waals surface area contributed by atoms with Crippen LogP contribution in [0.2, 0.25) is 5.02 Å². The molecule has 7 heteroatoms. The molecule has 1 amide bonds. The maximum atomic E-state index is 12.1. The Labute approximate surface area is 202 Å². The van der Waals surface area contributed by atoms with Crippen LogP contribution in [-0.4, -0.2) is 16.0 Å². The van der Waals surface area contributed by atoms with E-state index in [1.54, 1.807) is 18.2 Å². The summed E-state index contributed by atoms with van der Waals surface area (Å²) in [6.45, 7) is 4.13. The molecule has 1 aromatic heterocycles. The Bertz CT molecular complexity index is 1300. The molecule has 0 saturated carbocycles. The number of nitrogens with zero attached hydrogens (tertiary/aromatic N) is 1. The number of nitrogens with one attached hydrogen (secondary N) is 2. The molecule has 0 atom stereocenters. The molecule has 0 saturated heterocycles. The van der Waals surface area contributed by atoms with E-state index in [-0.39, 0.29) is 11.0 Å². The maximum Gasteiger partial charge on any atom is 0.250 e. The van der Waals surface area contributed by atoms with E-state index in [1.807, 2.05) is 48.5 Å². The molecule has 0 unspecified atom stereocenters. The number of carbonyl (C=O) groups is 1. The van der Waals surface area contributed by atoms with Crippen molar-refractivity contribution in [2.45, 2.75) is 20.3 Å². The summed E-state index contributed by atoms with van der Waals surface area (Å²) in [6, 6.07) is 19.0. The van der Waals surface area contributed by atoms with Crippen molar-refractivity contribution in [3.63, 3.8) is 0 Å². The number of thiocarbonyl (C=S) groups is 1. The number of hydrogen-bond donors (Lipinski definition) is 2. The SMILES string of the molecule is Cc1cc2nc(Cc3ccc(NC(=S)NC(=O)/C=C/c4ccc(Cl)cc4)cc3)oc2cc1C. The van der Waals surface area contributed by atoms with Crippen molar-refractivity contribution in [2.75, 3.05) is 5.32 Å². The molecule has 1 heterocycles. The molecule has 0 radical (unpaired) electrons. The molecule has 4 rings (SSSR count). The monoisotopic (exact) mass is 475 g/mol. The fourth-order valence-electron chi connectivity index (χ4n) is 3.25. The highest BCUT2D eigenvalue weighted by Crippen LogP contribution is 2.22. The molecule has 0 aliphatic heterocycles. The number of hydrogen-bond acceptors (Lipinski definition) is 4. The van der Waals surface area contributed by atoms with Crippen LogP contribution in [0, 0.1) is 13.8 Å². The number of halogens is 1. The molecule has 0 bridgehead atoms. The van der Waals surface area contributed by atoms with Gasteiger partial charge in [0.15, 0.2) is 16.6 Å². The minimum Gasteiger partial charge on any atom is -0.440 e. The predicted molar refractivity (Wildman–Crippen MR) is 138 cm³/mol. The zero-order valence-electron chi connectivity index (χ0n) is 18.2. The first-order chi connectivity index (χ1) is 15.9. The molecule has 0 aliphatic rings. The van der Waals surface area contributed by atoms with E-state index in [4.69, 9.17) is 28.2 Å². The maximum absolute atomic E-state index is 12.1. The van der Waals surface area contributed by atoms with Crippen LogP contribution in [-0.2, 0) is 11.2 Å². The number of fused-ring (bicyclic) bond motifs is 1. The fraction of sp³-hybridized carbons (Fsp3) is 0.115. The summed E-state index contributed by atoms with van der Waals surface area (Å²) in [5.74, 6) is 0.353. The highest BCUT2D eigenvalue weighted by Gasteiger charge is 2.09. The molecule has 0 fully saturated rings. The minimum atomic E-state index is -0.319. The lowest BCUT2D eigenvalue weighted by molar-refractivity contribution is -0.115. The number of rotatable bonds is 5. The quantitative estimate of drug-likeness (QED) is 0.265. The van der Waals surface area contributed by atoms with Crippen LogP contribution in [0.5, 0.6) is 0 Å². The van der Waals surface area contributed by atoms with Gasteiger partial charge in [-0.25, -0.2) is 4.98 Å².